The Morgan fingerprint density at radius 1 is 1.18 bits per heavy atom. The van der Waals surface area contributed by atoms with Crippen LogP contribution >= 0.6 is 0 Å². The SMILES string of the molecule is Cc1cc(=O)[nH]c(C)c1C(=O)NC(CCOCCCCc1ccc2c(n1)CCCC2)C(=O)O. The van der Waals surface area contributed by atoms with Crippen molar-refractivity contribution >= 4 is 11.9 Å². The maximum atomic E-state index is 12.6. The lowest BCUT2D eigenvalue weighted by molar-refractivity contribution is -0.139. The molecule has 178 valence electrons. The Kier molecular flexibility index (Phi) is 8.77. The van der Waals surface area contributed by atoms with Gasteiger partial charge in [-0.1, -0.05) is 6.07 Å². The van der Waals surface area contributed by atoms with E-state index in [9.17, 15) is 19.5 Å². The average Bonchev–Trinajstić information content (AvgIpc) is 2.76. The third-order valence-electron chi connectivity index (χ3n) is 6.02. The fraction of sp³-hybridized carbons (Fsp3) is 0.520. The van der Waals surface area contributed by atoms with E-state index in [1.54, 1.807) is 13.8 Å². The zero-order chi connectivity index (χ0) is 23.8. The molecule has 2 heterocycles. The van der Waals surface area contributed by atoms with Crippen molar-refractivity contribution in [2.24, 2.45) is 0 Å². The molecular weight excluding hydrogens is 422 g/mol. The number of nitrogens with one attached hydrogen (secondary N) is 2. The summed E-state index contributed by atoms with van der Waals surface area (Å²) in [5, 5.41) is 12.0. The van der Waals surface area contributed by atoms with Crippen LogP contribution < -0.4 is 10.9 Å². The minimum Gasteiger partial charge on any atom is -0.480 e. The zero-order valence-electron chi connectivity index (χ0n) is 19.4. The van der Waals surface area contributed by atoms with Gasteiger partial charge in [0.05, 0.1) is 5.56 Å². The molecule has 8 heteroatoms. The first-order chi connectivity index (χ1) is 15.8. The second kappa shape index (κ2) is 11.7. The predicted molar refractivity (Wildman–Crippen MR) is 125 cm³/mol. The van der Waals surface area contributed by atoms with Gasteiger partial charge in [-0.15, -0.1) is 0 Å². The predicted octanol–water partition coefficient (Wildman–Crippen LogP) is 2.88. The van der Waals surface area contributed by atoms with Gasteiger partial charge in [0.15, 0.2) is 0 Å². The van der Waals surface area contributed by atoms with E-state index in [2.05, 4.69) is 22.4 Å². The molecule has 0 saturated carbocycles. The lowest BCUT2D eigenvalue weighted by Gasteiger charge is -2.16. The number of amides is 1. The van der Waals surface area contributed by atoms with Gasteiger partial charge >= 0.3 is 5.97 Å². The number of carbonyl (C=O) groups is 2. The second-order valence-electron chi connectivity index (χ2n) is 8.65. The summed E-state index contributed by atoms with van der Waals surface area (Å²) in [6, 6.07) is 4.59. The number of nitrogens with zero attached hydrogens (tertiary/aromatic N) is 1. The Morgan fingerprint density at radius 2 is 1.97 bits per heavy atom. The van der Waals surface area contributed by atoms with Crippen LogP contribution in [0.25, 0.3) is 0 Å². The monoisotopic (exact) mass is 455 g/mol. The fourth-order valence-corrected chi connectivity index (χ4v) is 4.27. The second-order valence-corrected chi connectivity index (χ2v) is 8.65. The largest absolute Gasteiger partial charge is 0.480 e. The Balaban J connectivity index is 1.38. The van der Waals surface area contributed by atoms with Crippen molar-refractivity contribution in [3.05, 3.63) is 62.3 Å². The van der Waals surface area contributed by atoms with Gasteiger partial charge in [0.25, 0.3) is 5.91 Å². The Labute approximate surface area is 193 Å². The first kappa shape index (κ1) is 24.6. The van der Waals surface area contributed by atoms with Gasteiger partial charge in [-0.3, -0.25) is 14.6 Å². The van der Waals surface area contributed by atoms with Crippen molar-refractivity contribution in [3.8, 4) is 0 Å². The van der Waals surface area contributed by atoms with Crippen molar-refractivity contribution in [1.29, 1.82) is 0 Å². The Hall–Kier alpha value is -3.00. The summed E-state index contributed by atoms with van der Waals surface area (Å²) in [7, 11) is 0. The number of aromatic nitrogens is 2. The number of carboxylic acid groups (broad SMARTS) is 1. The number of fused-ring (bicyclic) bond motifs is 1. The molecule has 8 nitrogen and oxygen atoms in total. The number of hydrogen-bond acceptors (Lipinski definition) is 5. The van der Waals surface area contributed by atoms with Crippen molar-refractivity contribution in [1.82, 2.24) is 15.3 Å². The van der Waals surface area contributed by atoms with Crippen LogP contribution in [-0.2, 0) is 28.8 Å². The number of carbonyl (C=O) groups excluding carboxylic acids is 1. The maximum absolute atomic E-state index is 12.6. The molecule has 1 amide bonds. The minimum atomic E-state index is -1.12. The number of hydrogen-bond donors (Lipinski definition) is 3. The van der Waals surface area contributed by atoms with E-state index >= 15 is 0 Å². The van der Waals surface area contributed by atoms with Crippen LogP contribution in [0.2, 0.25) is 0 Å². The molecule has 0 saturated heterocycles. The number of aromatic amines is 1. The third-order valence-corrected chi connectivity index (χ3v) is 6.02. The van der Waals surface area contributed by atoms with Crippen LogP contribution in [0.4, 0.5) is 0 Å². The topological polar surface area (TPSA) is 121 Å². The molecule has 33 heavy (non-hydrogen) atoms. The normalized spacial score (nSPS) is 13.9. The molecule has 0 bridgehead atoms. The van der Waals surface area contributed by atoms with Crippen molar-refractivity contribution in [2.75, 3.05) is 13.2 Å². The van der Waals surface area contributed by atoms with Gasteiger partial charge < -0.3 is 20.1 Å². The first-order valence-electron chi connectivity index (χ1n) is 11.6. The van der Waals surface area contributed by atoms with Crippen LogP contribution in [0.15, 0.2) is 23.0 Å². The smallest absolute Gasteiger partial charge is 0.326 e. The lowest BCUT2D eigenvalue weighted by atomic mass is 9.95. The molecule has 0 aromatic carbocycles. The van der Waals surface area contributed by atoms with E-state index < -0.39 is 17.9 Å². The average molecular weight is 456 g/mol. The number of pyridine rings is 2. The van der Waals surface area contributed by atoms with Crippen LogP contribution in [-0.4, -0.2) is 46.2 Å². The van der Waals surface area contributed by atoms with Gasteiger partial charge in [0.2, 0.25) is 5.56 Å². The van der Waals surface area contributed by atoms with Crippen molar-refractivity contribution in [2.45, 2.75) is 71.3 Å². The van der Waals surface area contributed by atoms with Crippen LogP contribution in [0.1, 0.15) is 70.7 Å². The van der Waals surface area contributed by atoms with Gasteiger partial charge in [-0.05, 0) is 76.0 Å². The van der Waals surface area contributed by atoms with Gasteiger partial charge in [0, 0.05) is 42.8 Å². The van der Waals surface area contributed by atoms with E-state index in [-0.39, 0.29) is 24.2 Å². The van der Waals surface area contributed by atoms with Gasteiger partial charge in [0.1, 0.15) is 6.04 Å². The number of aryl methyl sites for hydroxylation is 5. The minimum absolute atomic E-state index is 0.162. The molecule has 3 N–H and O–H groups in total. The summed E-state index contributed by atoms with van der Waals surface area (Å²) < 4.78 is 5.61. The molecule has 1 aliphatic carbocycles. The van der Waals surface area contributed by atoms with Crippen LogP contribution in [0, 0.1) is 13.8 Å². The van der Waals surface area contributed by atoms with E-state index in [0.29, 0.717) is 17.9 Å². The molecule has 0 spiro atoms. The highest BCUT2D eigenvalue weighted by atomic mass is 16.5. The van der Waals surface area contributed by atoms with Gasteiger partial charge in [-0.2, -0.15) is 0 Å². The van der Waals surface area contributed by atoms with E-state index in [1.165, 1.54) is 30.2 Å². The fourth-order valence-electron chi connectivity index (χ4n) is 4.27. The number of unbranched alkanes of at least 4 members (excludes halogenated alkanes) is 1. The molecular formula is C25H33N3O5. The standard InChI is InChI=1S/C25H33N3O5/c1-16-15-22(29)26-17(2)23(16)24(30)28-21(25(31)32)12-14-33-13-6-5-8-19-11-10-18-7-3-4-9-20(18)27-19/h10-11,15,21H,3-9,12-14H2,1-2H3,(H,26,29)(H,28,30)(H,31,32). The number of rotatable bonds is 11. The van der Waals surface area contributed by atoms with Gasteiger partial charge in [-0.25, -0.2) is 4.79 Å². The maximum Gasteiger partial charge on any atom is 0.326 e. The molecule has 2 aromatic heterocycles. The van der Waals surface area contributed by atoms with E-state index in [1.807, 2.05) is 0 Å². The number of H-pyrrole nitrogens is 1. The number of ether oxygens (including phenoxy) is 1. The van der Waals surface area contributed by atoms with Crippen LogP contribution in [0.5, 0.6) is 0 Å². The van der Waals surface area contributed by atoms with Crippen molar-refractivity contribution < 1.29 is 19.4 Å². The molecule has 0 fully saturated rings. The van der Waals surface area contributed by atoms with E-state index in [0.717, 1.165) is 37.8 Å². The highest BCUT2D eigenvalue weighted by molar-refractivity contribution is 5.98. The third kappa shape index (κ3) is 6.99. The highest BCUT2D eigenvalue weighted by Gasteiger charge is 2.22. The summed E-state index contributed by atoms with van der Waals surface area (Å²) in [6.45, 7) is 4.03. The number of carboxylic acids is 1. The van der Waals surface area contributed by atoms with Crippen LogP contribution in [0.3, 0.4) is 0 Å². The van der Waals surface area contributed by atoms with E-state index in [4.69, 9.17) is 9.72 Å². The summed E-state index contributed by atoms with van der Waals surface area (Å²) in [5.41, 5.74) is 4.67. The summed E-state index contributed by atoms with van der Waals surface area (Å²) >= 11 is 0. The summed E-state index contributed by atoms with van der Waals surface area (Å²) in [4.78, 5) is 43.0. The Bertz CT molecular complexity index is 1020. The first-order valence-corrected chi connectivity index (χ1v) is 11.6. The molecule has 1 aliphatic rings. The molecule has 2 aromatic rings. The summed E-state index contributed by atoms with van der Waals surface area (Å²) in [5.74, 6) is -1.64. The summed E-state index contributed by atoms with van der Waals surface area (Å²) in [6.07, 6.45) is 7.57. The molecule has 3 rings (SSSR count). The quantitative estimate of drug-likeness (QED) is 0.448. The lowest BCUT2D eigenvalue weighted by Crippen LogP contribution is -2.42. The Morgan fingerprint density at radius 3 is 2.73 bits per heavy atom. The van der Waals surface area contributed by atoms with Crippen molar-refractivity contribution in [3.63, 3.8) is 0 Å². The highest BCUT2D eigenvalue weighted by Crippen LogP contribution is 2.20. The molecule has 0 aliphatic heterocycles. The molecule has 0 radical (unpaired) electrons. The molecule has 1 atom stereocenters. The molecule has 1 unspecified atom stereocenters. The zero-order valence-corrected chi connectivity index (χ0v) is 19.4. The number of aliphatic carboxylic acids is 1.